The molecule has 128 valence electrons. The molecular formula is C16H15F3N2O3. The smallest absolute Gasteiger partial charge is 0.387 e. The van der Waals surface area contributed by atoms with Crippen LogP contribution >= 0.6 is 0 Å². The van der Waals surface area contributed by atoms with Crippen LogP contribution in [0.25, 0.3) is 0 Å². The van der Waals surface area contributed by atoms with Crippen molar-refractivity contribution in [3.8, 4) is 0 Å². The summed E-state index contributed by atoms with van der Waals surface area (Å²) in [5.74, 6) is -0.708. The second-order valence-corrected chi connectivity index (χ2v) is 5.21. The number of rotatable bonds is 4. The zero-order chi connectivity index (χ0) is 17.9. The van der Waals surface area contributed by atoms with Crippen molar-refractivity contribution in [1.29, 1.82) is 0 Å². The SMILES string of the molecule is Cc1cc[nH]c(=O)c1C(=O)NCC(O)c1cccc(C(F)(F)F)c1. The number of carbonyl (C=O) groups is 1. The number of hydrogen-bond donors (Lipinski definition) is 3. The molecule has 0 aliphatic heterocycles. The maximum absolute atomic E-state index is 12.7. The maximum atomic E-state index is 12.7. The fraction of sp³-hybridized carbons (Fsp3) is 0.250. The first-order chi connectivity index (χ1) is 11.2. The molecule has 0 fully saturated rings. The standard InChI is InChI=1S/C16H15F3N2O3/c1-9-5-6-20-14(23)13(9)15(24)21-8-12(22)10-3-2-4-11(7-10)16(17,18)19/h2-7,12,22H,8H2,1H3,(H,20,23)(H,21,24). The Morgan fingerprint density at radius 2 is 2.04 bits per heavy atom. The zero-order valence-electron chi connectivity index (χ0n) is 12.6. The molecule has 2 rings (SSSR count). The molecule has 1 atom stereocenters. The Hall–Kier alpha value is -2.61. The average molecular weight is 340 g/mol. The minimum absolute atomic E-state index is 0.0174. The van der Waals surface area contributed by atoms with Crippen LogP contribution in [-0.2, 0) is 6.18 Å². The van der Waals surface area contributed by atoms with Gasteiger partial charge in [0.1, 0.15) is 5.56 Å². The summed E-state index contributed by atoms with van der Waals surface area (Å²) in [5.41, 5.74) is -1.11. The van der Waals surface area contributed by atoms with Crippen molar-refractivity contribution in [2.24, 2.45) is 0 Å². The number of carbonyl (C=O) groups excluding carboxylic acids is 1. The first-order valence-electron chi connectivity index (χ1n) is 7.02. The Balaban J connectivity index is 2.10. The van der Waals surface area contributed by atoms with Crippen molar-refractivity contribution in [1.82, 2.24) is 10.3 Å². The van der Waals surface area contributed by atoms with Gasteiger partial charge < -0.3 is 15.4 Å². The number of nitrogens with one attached hydrogen (secondary N) is 2. The molecule has 1 heterocycles. The van der Waals surface area contributed by atoms with Gasteiger partial charge >= 0.3 is 6.18 Å². The van der Waals surface area contributed by atoms with Crippen LogP contribution in [0.15, 0.2) is 41.3 Å². The molecule has 3 N–H and O–H groups in total. The van der Waals surface area contributed by atoms with Gasteiger partial charge in [0.2, 0.25) is 0 Å². The molecule has 0 saturated heterocycles. The van der Waals surface area contributed by atoms with Gasteiger partial charge in [0.25, 0.3) is 11.5 Å². The lowest BCUT2D eigenvalue weighted by Gasteiger charge is -2.14. The van der Waals surface area contributed by atoms with Crippen LogP contribution in [0.2, 0.25) is 0 Å². The second-order valence-electron chi connectivity index (χ2n) is 5.21. The van der Waals surface area contributed by atoms with Crippen molar-refractivity contribution in [2.75, 3.05) is 6.54 Å². The number of alkyl halides is 3. The first-order valence-corrected chi connectivity index (χ1v) is 7.02. The van der Waals surface area contributed by atoms with Gasteiger partial charge in [-0.2, -0.15) is 13.2 Å². The third-order valence-electron chi connectivity index (χ3n) is 3.45. The fourth-order valence-electron chi connectivity index (χ4n) is 2.18. The summed E-state index contributed by atoms with van der Waals surface area (Å²) < 4.78 is 38.0. The van der Waals surface area contributed by atoms with Gasteiger partial charge in [0.15, 0.2) is 0 Å². The highest BCUT2D eigenvalue weighted by Crippen LogP contribution is 2.30. The molecule has 0 spiro atoms. The van der Waals surface area contributed by atoms with Crippen LogP contribution in [0.4, 0.5) is 13.2 Å². The third kappa shape index (κ3) is 4.02. The van der Waals surface area contributed by atoms with Crippen molar-refractivity contribution in [2.45, 2.75) is 19.2 Å². The number of aromatic nitrogens is 1. The van der Waals surface area contributed by atoms with E-state index in [4.69, 9.17) is 0 Å². The monoisotopic (exact) mass is 340 g/mol. The van der Waals surface area contributed by atoms with Gasteiger partial charge in [0, 0.05) is 12.7 Å². The largest absolute Gasteiger partial charge is 0.416 e. The lowest BCUT2D eigenvalue weighted by Crippen LogP contribution is -2.33. The topological polar surface area (TPSA) is 82.2 Å². The number of pyridine rings is 1. The molecule has 0 aliphatic carbocycles. The molecule has 1 amide bonds. The highest BCUT2D eigenvalue weighted by molar-refractivity contribution is 5.95. The predicted molar refractivity (Wildman–Crippen MR) is 80.5 cm³/mol. The number of halogens is 3. The van der Waals surface area contributed by atoms with Crippen LogP contribution < -0.4 is 10.9 Å². The molecule has 1 aromatic carbocycles. The Morgan fingerprint density at radius 1 is 1.33 bits per heavy atom. The van der Waals surface area contributed by atoms with Gasteiger partial charge in [-0.15, -0.1) is 0 Å². The normalized spacial score (nSPS) is 12.7. The van der Waals surface area contributed by atoms with E-state index in [0.717, 1.165) is 12.1 Å². The van der Waals surface area contributed by atoms with Crippen LogP contribution in [0.5, 0.6) is 0 Å². The molecule has 24 heavy (non-hydrogen) atoms. The van der Waals surface area contributed by atoms with Crippen molar-refractivity contribution < 1.29 is 23.1 Å². The molecule has 0 aliphatic rings. The first kappa shape index (κ1) is 17.7. The van der Waals surface area contributed by atoms with E-state index in [1.165, 1.54) is 18.3 Å². The van der Waals surface area contributed by atoms with Crippen molar-refractivity contribution in [3.05, 3.63) is 69.1 Å². The molecule has 8 heteroatoms. The number of amides is 1. The summed E-state index contributed by atoms with van der Waals surface area (Å²) in [6, 6.07) is 5.75. The number of aryl methyl sites for hydroxylation is 1. The summed E-state index contributed by atoms with van der Waals surface area (Å²) in [6.07, 6.45) is -4.46. The van der Waals surface area contributed by atoms with Gasteiger partial charge in [-0.3, -0.25) is 9.59 Å². The number of aliphatic hydroxyl groups excluding tert-OH is 1. The maximum Gasteiger partial charge on any atom is 0.416 e. The van der Waals surface area contributed by atoms with E-state index in [1.807, 2.05) is 0 Å². The predicted octanol–water partition coefficient (Wildman–Crippen LogP) is 2.17. The van der Waals surface area contributed by atoms with E-state index in [2.05, 4.69) is 10.3 Å². The average Bonchev–Trinajstić information content (AvgIpc) is 2.51. The molecule has 2 aromatic rings. The second kappa shape index (κ2) is 6.88. The molecule has 1 unspecified atom stereocenters. The zero-order valence-corrected chi connectivity index (χ0v) is 12.6. The van der Waals surface area contributed by atoms with Crippen molar-refractivity contribution >= 4 is 5.91 Å². The van der Waals surface area contributed by atoms with Crippen LogP contribution in [-0.4, -0.2) is 22.5 Å². The summed E-state index contributed by atoms with van der Waals surface area (Å²) >= 11 is 0. The Bertz CT molecular complexity index is 800. The minimum atomic E-state index is -4.52. The Morgan fingerprint density at radius 3 is 2.67 bits per heavy atom. The van der Waals surface area contributed by atoms with E-state index >= 15 is 0 Å². The van der Waals surface area contributed by atoms with Crippen LogP contribution in [0.1, 0.15) is 33.2 Å². The summed E-state index contributed by atoms with van der Waals surface area (Å²) in [5, 5.41) is 12.3. The van der Waals surface area contributed by atoms with Crippen LogP contribution in [0, 0.1) is 6.92 Å². The molecular weight excluding hydrogens is 325 g/mol. The lowest BCUT2D eigenvalue weighted by atomic mass is 10.1. The molecule has 0 saturated carbocycles. The number of aromatic amines is 1. The summed E-state index contributed by atoms with van der Waals surface area (Å²) in [6.45, 7) is 1.25. The van der Waals surface area contributed by atoms with Crippen molar-refractivity contribution in [3.63, 3.8) is 0 Å². The van der Waals surface area contributed by atoms with Gasteiger partial charge in [-0.1, -0.05) is 12.1 Å². The van der Waals surface area contributed by atoms with E-state index in [-0.39, 0.29) is 17.7 Å². The number of aliphatic hydroxyl groups is 1. The summed E-state index contributed by atoms with van der Waals surface area (Å²) in [4.78, 5) is 26.0. The van der Waals surface area contributed by atoms with Crippen LogP contribution in [0.3, 0.4) is 0 Å². The van der Waals surface area contributed by atoms with E-state index in [1.54, 1.807) is 13.0 Å². The van der Waals surface area contributed by atoms with E-state index < -0.39 is 29.3 Å². The molecule has 0 radical (unpaired) electrons. The molecule has 0 bridgehead atoms. The minimum Gasteiger partial charge on any atom is -0.387 e. The highest BCUT2D eigenvalue weighted by atomic mass is 19.4. The van der Waals surface area contributed by atoms with Gasteiger partial charge in [-0.05, 0) is 36.2 Å². The van der Waals surface area contributed by atoms with E-state index in [0.29, 0.717) is 5.56 Å². The number of hydrogen-bond acceptors (Lipinski definition) is 3. The fourth-order valence-corrected chi connectivity index (χ4v) is 2.18. The third-order valence-corrected chi connectivity index (χ3v) is 3.45. The Kier molecular flexibility index (Phi) is 5.08. The van der Waals surface area contributed by atoms with Gasteiger partial charge in [-0.25, -0.2) is 0 Å². The molecule has 1 aromatic heterocycles. The number of H-pyrrole nitrogens is 1. The quantitative estimate of drug-likeness (QED) is 0.798. The molecule has 5 nitrogen and oxygen atoms in total. The highest BCUT2D eigenvalue weighted by Gasteiger charge is 2.30. The van der Waals surface area contributed by atoms with E-state index in [9.17, 15) is 27.9 Å². The Labute approximate surface area is 135 Å². The van der Waals surface area contributed by atoms with Gasteiger partial charge in [0.05, 0.1) is 11.7 Å². The number of benzene rings is 1. The summed E-state index contributed by atoms with van der Waals surface area (Å²) in [7, 11) is 0. The lowest BCUT2D eigenvalue weighted by molar-refractivity contribution is -0.137.